The minimum atomic E-state index is -0.550. The van der Waals surface area contributed by atoms with Crippen LogP contribution in [0.5, 0.6) is 0 Å². The zero-order valence-corrected chi connectivity index (χ0v) is 9.28. The van der Waals surface area contributed by atoms with Gasteiger partial charge in [0.2, 0.25) is 0 Å². The van der Waals surface area contributed by atoms with Crippen molar-refractivity contribution in [1.29, 1.82) is 0 Å². The van der Waals surface area contributed by atoms with Crippen molar-refractivity contribution in [3.05, 3.63) is 0 Å². The molecule has 2 N–H and O–H groups in total. The molecule has 3 heterocycles. The van der Waals surface area contributed by atoms with E-state index in [2.05, 4.69) is 4.90 Å². The number of aliphatic hydroxyl groups excluding tert-OH is 1. The van der Waals surface area contributed by atoms with Crippen LogP contribution in [0.1, 0.15) is 32.1 Å². The van der Waals surface area contributed by atoms with Gasteiger partial charge in [-0.15, -0.1) is 0 Å². The largest absolute Gasteiger partial charge is 0.396 e. The van der Waals surface area contributed by atoms with Crippen LogP contribution in [0.15, 0.2) is 0 Å². The fourth-order valence-corrected chi connectivity index (χ4v) is 4.03. The SMILES string of the molecule is OCC1(C2(O)CCC2)CN2CCC1CC2. The highest BCUT2D eigenvalue weighted by Gasteiger charge is 2.60. The molecule has 0 spiro atoms. The lowest BCUT2D eigenvalue weighted by Gasteiger charge is -2.62. The molecule has 0 aromatic carbocycles. The lowest BCUT2D eigenvalue weighted by molar-refractivity contribution is -0.220. The van der Waals surface area contributed by atoms with Crippen molar-refractivity contribution < 1.29 is 10.2 Å². The zero-order chi connectivity index (χ0) is 10.5. The fraction of sp³-hybridized carbons (Fsp3) is 1.00. The first-order chi connectivity index (χ1) is 7.20. The van der Waals surface area contributed by atoms with Gasteiger partial charge in [0.25, 0.3) is 0 Å². The minimum Gasteiger partial charge on any atom is -0.396 e. The van der Waals surface area contributed by atoms with E-state index in [-0.39, 0.29) is 12.0 Å². The normalized spacial score (nSPS) is 47.6. The summed E-state index contributed by atoms with van der Waals surface area (Å²) in [5.41, 5.74) is -0.743. The van der Waals surface area contributed by atoms with Crippen molar-refractivity contribution in [2.75, 3.05) is 26.2 Å². The Bertz CT molecular complexity index is 256. The molecule has 0 aromatic heterocycles. The van der Waals surface area contributed by atoms with Crippen molar-refractivity contribution in [3.8, 4) is 0 Å². The van der Waals surface area contributed by atoms with Crippen LogP contribution in [0.2, 0.25) is 0 Å². The third-order valence-corrected chi connectivity index (χ3v) is 5.26. The second kappa shape index (κ2) is 3.19. The molecular weight excluding hydrogens is 190 g/mol. The van der Waals surface area contributed by atoms with Crippen LogP contribution in [-0.2, 0) is 0 Å². The lowest BCUT2D eigenvalue weighted by Crippen LogP contribution is -2.68. The number of rotatable bonds is 2. The Morgan fingerprint density at radius 1 is 1.20 bits per heavy atom. The molecule has 4 rings (SSSR count). The predicted octanol–water partition coefficient (Wildman–Crippen LogP) is 0.606. The molecule has 1 atom stereocenters. The van der Waals surface area contributed by atoms with Gasteiger partial charge in [0, 0.05) is 12.0 Å². The zero-order valence-electron chi connectivity index (χ0n) is 9.28. The molecule has 3 nitrogen and oxygen atoms in total. The van der Waals surface area contributed by atoms with E-state index in [1.165, 1.54) is 25.9 Å². The average molecular weight is 211 g/mol. The standard InChI is InChI=1S/C12H21NO2/c14-9-11(12(15)4-1-5-12)8-13-6-2-10(11)3-7-13/h10,14-15H,1-9H2. The smallest absolute Gasteiger partial charge is 0.0740 e. The van der Waals surface area contributed by atoms with Crippen molar-refractivity contribution in [2.45, 2.75) is 37.7 Å². The summed E-state index contributed by atoms with van der Waals surface area (Å²) >= 11 is 0. The van der Waals surface area contributed by atoms with Gasteiger partial charge in [-0.2, -0.15) is 0 Å². The summed E-state index contributed by atoms with van der Waals surface area (Å²) in [5.74, 6) is 0.554. The van der Waals surface area contributed by atoms with E-state index in [4.69, 9.17) is 0 Å². The molecular formula is C12H21NO2. The van der Waals surface area contributed by atoms with Crippen molar-refractivity contribution in [2.24, 2.45) is 11.3 Å². The number of piperidine rings is 3. The summed E-state index contributed by atoms with van der Waals surface area (Å²) in [5, 5.41) is 20.4. The van der Waals surface area contributed by atoms with Crippen LogP contribution in [-0.4, -0.2) is 47.0 Å². The van der Waals surface area contributed by atoms with Crippen LogP contribution >= 0.6 is 0 Å². The maximum Gasteiger partial charge on any atom is 0.0740 e. The number of hydrogen-bond donors (Lipinski definition) is 2. The van der Waals surface area contributed by atoms with Crippen LogP contribution in [0.25, 0.3) is 0 Å². The molecule has 1 saturated carbocycles. The van der Waals surface area contributed by atoms with Crippen molar-refractivity contribution in [3.63, 3.8) is 0 Å². The maximum atomic E-state index is 10.6. The second-order valence-electron chi connectivity index (χ2n) is 5.75. The first-order valence-corrected chi connectivity index (χ1v) is 6.26. The third kappa shape index (κ3) is 1.17. The Morgan fingerprint density at radius 2 is 1.87 bits per heavy atom. The van der Waals surface area contributed by atoms with E-state index < -0.39 is 5.60 Å². The molecule has 2 bridgehead atoms. The summed E-state index contributed by atoms with van der Waals surface area (Å²) in [4.78, 5) is 2.42. The number of fused-ring (bicyclic) bond motifs is 3. The average Bonchev–Trinajstić information content (AvgIpc) is 2.27. The van der Waals surface area contributed by atoms with Gasteiger partial charge in [-0.25, -0.2) is 0 Å². The Hall–Kier alpha value is -0.120. The van der Waals surface area contributed by atoms with Gasteiger partial charge in [0.05, 0.1) is 12.2 Å². The van der Waals surface area contributed by atoms with Gasteiger partial charge in [-0.05, 0) is 51.1 Å². The molecule has 3 aliphatic heterocycles. The minimum absolute atomic E-state index is 0.171. The first-order valence-electron chi connectivity index (χ1n) is 6.26. The summed E-state index contributed by atoms with van der Waals surface area (Å²) in [6.45, 7) is 3.43. The Labute approximate surface area is 91.1 Å². The summed E-state index contributed by atoms with van der Waals surface area (Å²) in [7, 11) is 0. The molecule has 3 heteroatoms. The van der Waals surface area contributed by atoms with Gasteiger partial charge in [0.15, 0.2) is 0 Å². The van der Waals surface area contributed by atoms with Crippen LogP contribution < -0.4 is 0 Å². The van der Waals surface area contributed by atoms with E-state index in [1.54, 1.807) is 0 Å². The molecule has 0 amide bonds. The molecule has 0 radical (unpaired) electrons. The quantitative estimate of drug-likeness (QED) is 0.703. The van der Waals surface area contributed by atoms with E-state index in [0.717, 1.165) is 25.8 Å². The van der Waals surface area contributed by atoms with Crippen molar-refractivity contribution >= 4 is 0 Å². The number of nitrogens with zero attached hydrogens (tertiary/aromatic N) is 1. The van der Waals surface area contributed by atoms with Crippen LogP contribution in [0.4, 0.5) is 0 Å². The Morgan fingerprint density at radius 3 is 2.20 bits per heavy atom. The van der Waals surface area contributed by atoms with E-state index in [9.17, 15) is 10.2 Å². The summed E-state index contributed by atoms with van der Waals surface area (Å²) in [6.07, 6.45) is 5.27. The van der Waals surface area contributed by atoms with Gasteiger partial charge in [0.1, 0.15) is 0 Å². The van der Waals surface area contributed by atoms with E-state index in [0.29, 0.717) is 5.92 Å². The van der Waals surface area contributed by atoms with Gasteiger partial charge >= 0.3 is 0 Å². The molecule has 4 fully saturated rings. The highest BCUT2D eigenvalue weighted by atomic mass is 16.3. The van der Waals surface area contributed by atoms with Crippen LogP contribution in [0.3, 0.4) is 0 Å². The monoisotopic (exact) mass is 211 g/mol. The van der Waals surface area contributed by atoms with Gasteiger partial charge in [-0.3, -0.25) is 0 Å². The van der Waals surface area contributed by atoms with Crippen LogP contribution in [0, 0.1) is 11.3 Å². The Balaban J connectivity index is 1.92. The predicted molar refractivity (Wildman–Crippen MR) is 57.5 cm³/mol. The molecule has 4 aliphatic rings. The number of aliphatic hydroxyl groups is 2. The van der Waals surface area contributed by atoms with E-state index >= 15 is 0 Å². The molecule has 1 aliphatic carbocycles. The fourth-order valence-electron chi connectivity index (χ4n) is 4.03. The molecule has 15 heavy (non-hydrogen) atoms. The summed E-state index contributed by atoms with van der Waals surface area (Å²) < 4.78 is 0. The third-order valence-electron chi connectivity index (χ3n) is 5.26. The molecule has 0 aromatic rings. The highest BCUT2D eigenvalue weighted by molar-refractivity contribution is 5.11. The summed E-state index contributed by atoms with van der Waals surface area (Å²) in [6, 6.07) is 0. The topological polar surface area (TPSA) is 43.7 Å². The van der Waals surface area contributed by atoms with Crippen molar-refractivity contribution in [1.82, 2.24) is 4.90 Å². The number of hydrogen-bond acceptors (Lipinski definition) is 3. The maximum absolute atomic E-state index is 10.6. The molecule has 3 saturated heterocycles. The van der Waals surface area contributed by atoms with Gasteiger partial charge in [-0.1, -0.05) is 0 Å². The highest BCUT2D eigenvalue weighted by Crippen LogP contribution is 2.55. The molecule has 86 valence electrons. The van der Waals surface area contributed by atoms with Gasteiger partial charge < -0.3 is 15.1 Å². The van der Waals surface area contributed by atoms with E-state index in [1.807, 2.05) is 0 Å². The first kappa shape index (κ1) is 10.1. The lowest BCUT2D eigenvalue weighted by atomic mass is 9.52. The molecule has 1 unspecified atom stereocenters. The second-order valence-corrected chi connectivity index (χ2v) is 5.75. The Kier molecular flexibility index (Phi) is 2.14.